The third kappa shape index (κ3) is 5.45. The minimum Gasteiger partial charge on any atom is -0.443 e. The van der Waals surface area contributed by atoms with Crippen LogP contribution in [0.2, 0.25) is 0 Å². The molecule has 4 atom stereocenters. The Hall–Kier alpha value is -0.945. The van der Waals surface area contributed by atoms with Crippen molar-refractivity contribution in [2.45, 2.75) is 37.5 Å². The van der Waals surface area contributed by atoms with Gasteiger partial charge >= 0.3 is 26.3 Å². The van der Waals surface area contributed by atoms with Crippen LogP contribution in [0.4, 0.5) is 8.78 Å². The molecule has 1 aliphatic heterocycles. The molecule has 3 radical (unpaired) electrons. The van der Waals surface area contributed by atoms with Crippen LogP contribution in [0.15, 0.2) is 15.8 Å². The van der Waals surface area contributed by atoms with Gasteiger partial charge in [0.05, 0.1) is 20.2 Å². The van der Waals surface area contributed by atoms with Crippen molar-refractivity contribution < 1.29 is 50.7 Å². The van der Waals surface area contributed by atoms with Gasteiger partial charge in [-0.3, -0.25) is 27.8 Å². The normalized spacial score (nSPS) is 24.4. The predicted octanol–water partition coefficient (Wildman–Crippen LogP) is 0.746. The third-order valence-corrected chi connectivity index (χ3v) is 9.12. The second-order valence-electron chi connectivity index (χ2n) is 6.26. The number of H-pyrrole nitrogens is 1. The van der Waals surface area contributed by atoms with Gasteiger partial charge in [-0.25, -0.2) is 4.79 Å². The molecule has 1 aromatic rings. The number of nitrogens with zero attached hydrogens (tertiary/aromatic N) is 1. The van der Waals surface area contributed by atoms with Gasteiger partial charge in [-0.15, -0.1) is 0 Å². The second-order valence-corrected chi connectivity index (χ2v) is 11.9. The largest absolute Gasteiger partial charge is 0.444 e. The molecule has 1 fully saturated rings. The molecule has 19 heteroatoms. The van der Waals surface area contributed by atoms with Gasteiger partial charge in [0.1, 0.15) is 6.23 Å². The molecule has 169 valence electrons. The van der Waals surface area contributed by atoms with Crippen LogP contribution >= 0.6 is 22.7 Å². The Morgan fingerprint density at radius 3 is 2.47 bits per heavy atom. The Labute approximate surface area is 168 Å². The molecule has 2 rings (SSSR count). The minimum absolute atomic E-state index is 0.185. The molecule has 0 amide bonds. The SMILES string of the molecule is [B-][P@](=O)(OC[C@@H]1CC[C@H](n2cc(C)c(=O)[nH]c2=O)O1)OP(=O)(O)C(F)(F)P(=O)(O)O. The molecule has 1 aliphatic rings. The van der Waals surface area contributed by atoms with E-state index in [0.717, 1.165) is 4.57 Å². The molecular formula is C11H16BF2N2O11P3-. The number of hydrogen-bond acceptors (Lipinski definition) is 8. The van der Waals surface area contributed by atoms with Crippen LogP contribution in [0.3, 0.4) is 0 Å². The number of ether oxygens (including phenoxy) is 1. The Morgan fingerprint density at radius 2 is 1.90 bits per heavy atom. The fourth-order valence-electron chi connectivity index (χ4n) is 2.39. The minimum atomic E-state index is -6.51. The van der Waals surface area contributed by atoms with Crippen molar-refractivity contribution in [3.63, 3.8) is 0 Å². The monoisotopic (exact) mass is 494 g/mol. The lowest BCUT2D eigenvalue weighted by Gasteiger charge is -2.32. The number of halogens is 2. The molecule has 0 saturated carbocycles. The van der Waals surface area contributed by atoms with Crippen molar-refractivity contribution in [1.82, 2.24) is 9.55 Å². The molecule has 1 saturated heterocycles. The summed E-state index contributed by atoms with van der Waals surface area (Å²) in [6.07, 6.45) is -0.107. The highest BCUT2D eigenvalue weighted by Gasteiger charge is 2.65. The first-order chi connectivity index (χ1) is 13.5. The van der Waals surface area contributed by atoms with E-state index < -0.39 is 58.3 Å². The summed E-state index contributed by atoms with van der Waals surface area (Å²) in [6.45, 7) is 0.760. The Balaban J connectivity index is 2.02. The van der Waals surface area contributed by atoms with Gasteiger partial charge < -0.3 is 36.1 Å². The lowest BCUT2D eigenvalue weighted by Crippen LogP contribution is -2.33. The van der Waals surface area contributed by atoms with Gasteiger partial charge in [-0.2, -0.15) is 8.78 Å². The molecule has 0 aliphatic carbocycles. The fraction of sp³-hybridized carbons (Fsp3) is 0.636. The number of aryl methyl sites for hydroxylation is 1. The summed E-state index contributed by atoms with van der Waals surface area (Å²) in [6, 6.07) is 0. The average molecular weight is 494 g/mol. The van der Waals surface area contributed by atoms with Crippen LogP contribution in [-0.4, -0.2) is 49.9 Å². The maximum Gasteiger partial charge on any atom is 0.444 e. The van der Waals surface area contributed by atoms with Crippen molar-refractivity contribution in [2.75, 3.05) is 6.61 Å². The maximum atomic E-state index is 13.4. The van der Waals surface area contributed by atoms with E-state index in [2.05, 4.69) is 13.8 Å². The summed E-state index contributed by atoms with van der Waals surface area (Å²) >= 11 is 0. The van der Waals surface area contributed by atoms with Crippen LogP contribution in [0.5, 0.6) is 0 Å². The lowest BCUT2D eigenvalue weighted by atomic mass is 10.2. The third-order valence-electron chi connectivity index (χ3n) is 3.90. The number of alkyl halides is 2. The summed E-state index contributed by atoms with van der Waals surface area (Å²) < 4.78 is 75.6. The van der Waals surface area contributed by atoms with E-state index in [1.54, 1.807) is 0 Å². The summed E-state index contributed by atoms with van der Waals surface area (Å²) in [4.78, 5) is 51.4. The van der Waals surface area contributed by atoms with Gasteiger partial charge in [0.25, 0.3) is 5.56 Å². The molecule has 4 N–H and O–H groups in total. The first-order valence-corrected chi connectivity index (χ1v) is 12.8. The smallest absolute Gasteiger partial charge is 0.443 e. The quantitative estimate of drug-likeness (QED) is 0.294. The van der Waals surface area contributed by atoms with E-state index in [4.69, 9.17) is 27.0 Å². The molecule has 2 heterocycles. The zero-order valence-corrected chi connectivity index (χ0v) is 17.8. The number of aromatic amines is 1. The van der Waals surface area contributed by atoms with Gasteiger partial charge in [0.2, 0.25) is 0 Å². The van der Waals surface area contributed by atoms with E-state index in [0.29, 0.717) is 0 Å². The average Bonchev–Trinajstić information content (AvgIpc) is 3.03. The van der Waals surface area contributed by atoms with Crippen molar-refractivity contribution in [3.05, 3.63) is 32.6 Å². The van der Waals surface area contributed by atoms with Gasteiger partial charge in [0.15, 0.2) is 0 Å². The summed E-state index contributed by atoms with van der Waals surface area (Å²) in [5.41, 5.74) is -1.12. The number of aromatic nitrogens is 2. The van der Waals surface area contributed by atoms with Crippen molar-refractivity contribution in [2.24, 2.45) is 0 Å². The van der Waals surface area contributed by atoms with E-state index in [1.807, 2.05) is 0 Å². The number of nitrogens with one attached hydrogen (secondary N) is 1. The second kappa shape index (κ2) is 8.53. The molecule has 0 bridgehead atoms. The van der Waals surface area contributed by atoms with E-state index in [9.17, 15) is 32.1 Å². The van der Waals surface area contributed by atoms with Gasteiger partial charge in [-0.1, -0.05) is 0 Å². The predicted molar refractivity (Wildman–Crippen MR) is 96.4 cm³/mol. The molecule has 1 aromatic heterocycles. The Bertz CT molecular complexity index is 1070. The zero-order valence-electron chi connectivity index (χ0n) is 15.1. The highest BCUT2D eigenvalue weighted by atomic mass is 31.3. The summed E-state index contributed by atoms with van der Waals surface area (Å²) in [5, 5.41) is -5.57. The van der Waals surface area contributed by atoms with Gasteiger partial charge in [0, 0.05) is 11.8 Å². The first kappa shape index (κ1) is 25.3. The Kier molecular flexibility index (Phi) is 7.20. The topological polar surface area (TPSA) is 194 Å². The van der Waals surface area contributed by atoms with Crippen molar-refractivity contribution in [3.8, 4) is 0 Å². The molecule has 0 aromatic carbocycles. The Morgan fingerprint density at radius 1 is 1.30 bits per heavy atom. The number of hydrogen-bond donors (Lipinski definition) is 4. The summed E-state index contributed by atoms with van der Waals surface area (Å²) in [5.74, 6) is 0. The van der Waals surface area contributed by atoms with E-state index in [1.165, 1.54) is 13.1 Å². The summed E-state index contributed by atoms with van der Waals surface area (Å²) in [7, 11) is -13.2. The molecule has 13 nitrogen and oxygen atoms in total. The van der Waals surface area contributed by atoms with Crippen LogP contribution in [0, 0.1) is 6.92 Å². The zero-order chi connectivity index (χ0) is 23.1. The van der Waals surface area contributed by atoms with Gasteiger partial charge in [-0.05, 0) is 19.8 Å². The highest BCUT2D eigenvalue weighted by molar-refractivity contribution is 7.86. The molecular weight excluding hydrogens is 478 g/mol. The van der Waals surface area contributed by atoms with Crippen LogP contribution < -0.4 is 11.2 Å². The number of rotatable bonds is 8. The highest BCUT2D eigenvalue weighted by Crippen LogP contribution is 2.77. The maximum absolute atomic E-state index is 13.4. The van der Waals surface area contributed by atoms with Crippen LogP contribution in [0.25, 0.3) is 0 Å². The van der Waals surface area contributed by atoms with Crippen molar-refractivity contribution >= 4 is 30.2 Å². The lowest BCUT2D eigenvalue weighted by molar-refractivity contribution is -0.0209. The van der Waals surface area contributed by atoms with E-state index >= 15 is 0 Å². The first-order valence-electron chi connectivity index (χ1n) is 7.95. The van der Waals surface area contributed by atoms with Crippen LogP contribution in [-0.2, 0) is 27.3 Å². The molecule has 1 unspecified atom stereocenters. The molecule has 30 heavy (non-hydrogen) atoms. The van der Waals surface area contributed by atoms with Crippen molar-refractivity contribution in [1.29, 1.82) is 0 Å². The fourth-order valence-corrected chi connectivity index (χ4v) is 6.23. The molecule has 0 spiro atoms. The standard InChI is InChI=1S/C11H16BF2N2O11P3/c1-6-4-16(10(18)15-9(6)17)8-3-2-7(26-8)5-25-30(12,24)27-29(22,23)11(13,14)28(19,20)21/h4,7-8H,2-3,5H2,1H3,(H,22,23)(H,15,17,18)(H2,19,20,21)/q-1/t7-,8+,30-/m0/s1. The van der Waals surface area contributed by atoms with E-state index in [-0.39, 0.29) is 18.4 Å². The van der Waals surface area contributed by atoms with Crippen LogP contribution in [0.1, 0.15) is 24.6 Å².